The van der Waals surface area contributed by atoms with E-state index in [1.54, 1.807) is 22.5 Å². The molecule has 29 heavy (non-hydrogen) atoms. The maximum absolute atomic E-state index is 13.2. The van der Waals surface area contributed by atoms with Crippen LogP contribution in [-0.4, -0.2) is 45.9 Å². The average Bonchev–Trinajstić information content (AvgIpc) is 2.68. The summed E-state index contributed by atoms with van der Waals surface area (Å²) in [6.07, 6.45) is 1.44. The Labute approximate surface area is 169 Å². The van der Waals surface area contributed by atoms with Crippen LogP contribution < -0.4 is 10.9 Å². The molecule has 0 aromatic carbocycles. The normalized spacial score (nSPS) is 22.7. The van der Waals surface area contributed by atoms with Crippen molar-refractivity contribution in [1.82, 2.24) is 19.8 Å². The number of carbonyl (C=O) groups is 2. The largest absolute Gasteiger partial charge is 0.354 e. The highest BCUT2D eigenvalue weighted by molar-refractivity contribution is 5.81. The van der Waals surface area contributed by atoms with Gasteiger partial charge >= 0.3 is 0 Å². The molecule has 2 aromatic rings. The molecule has 2 bridgehead atoms. The van der Waals surface area contributed by atoms with Crippen molar-refractivity contribution < 1.29 is 9.59 Å². The second-order valence-corrected chi connectivity index (χ2v) is 8.03. The SMILES string of the molecule is CC(=O)N1C[C@H]2C[C@@H](C1)[C@H](C(=O)NCCc1cccc(C)n1)n1c2cccc1=O. The summed E-state index contributed by atoms with van der Waals surface area (Å²) in [4.78, 5) is 44.1. The van der Waals surface area contributed by atoms with Gasteiger partial charge in [0.1, 0.15) is 6.04 Å². The van der Waals surface area contributed by atoms with Crippen molar-refractivity contribution in [2.45, 2.75) is 38.6 Å². The van der Waals surface area contributed by atoms with E-state index < -0.39 is 6.04 Å². The number of nitrogens with zero attached hydrogens (tertiary/aromatic N) is 3. The van der Waals surface area contributed by atoms with Crippen LogP contribution in [0.3, 0.4) is 0 Å². The van der Waals surface area contributed by atoms with Gasteiger partial charge in [0.2, 0.25) is 11.8 Å². The van der Waals surface area contributed by atoms with Crippen LogP contribution in [0.15, 0.2) is 41.2 Å². The first-order valence-corrected chi connectivity index (χ1v) is 10.1. The fourth-order valence-corrected chi connectivity index (χ4v) is 4.68. The number of carbonyl (C=O) groups excluding carboxylic acids is 2. The zero-order chi connectivity index (χ0) is 20.5. The number of pyridine rings is 2. The van der Waals surface area contributed by atoms with E-state index in [0.717, 1.165) is 23.5 Å². The van der Waals surface area contributed by atoms with Crippen LogP contribution in [0.4, 0.5) is 0 Å². The summed E-state index contributed by atoms with van der Waals surface area (Å²) < 4.78 is 1.65. The van der Waals surface area contributed by atoms with Gasteiger partial charge in [0.15, 0.2) is 0 Å². The van der Waals surface area contributed by atoms with Crippen molar-refractivity contribution in [2.75, 3.05) is 19.6 Å². The van der Waals surface area contributed by atoms with Gasteiger partial charge in [-0.1, -0.05) is 12.1 Å². The first-order valence-electron chi connectivity index (χ1n) is 10.1. The Morgan fingerprint density at radius 2 is 1.97 bits per heavy atom. The number of piperidine rings is 1. The quantitative estimate of drug-likeness (QED) is 0.850. The van der Waals surface area contributed by atoms with Crippen molar-refractivity contribution in [3.8, 4) is 0 Å². The smallest absolute Gasteiger partial charge is 0.251 e. The molecule has 2 aromatic heterocycles. The summed E-state index contributed by atoms with van der Waals surface area (Å²) in [6, 6.07) is 10.4. The predicted octanol–water partition coefficient (Wildman–Crippen LogP) is 1.42. The van der Waals surface area contributed by atoms with Gasteiger partial charge in [-0.15, -0.1) is 0 Å². The van der Waals surface area contributed by atoms with E-state index in [2.05, 4.69) is 10.3 Å². The fraction of sp³-hybridized carbons (Fsp3) is 0.455. The number of hydrogen-bond acceptors (Lipinski definition) is 4. The Hall–Kier alpha value is -2.96. The molecule has 7 heteroatoms. The molecule has 1 saturated heterocycles. The first-order chi connectivity index (χ1) is 13.9. The van der Waals surface area contributed by atoms with E-state index in [9.17, 15) is 14.4 Å². The minimum atomic E-state index is -0.595. The van der Waals surface area contributed by atoms with Gasteiger partial charge in [0, 0.05) is 68.0 Å². The Bertz CT molecular complexity index is 1000. The minimum Gasteiger partial charge on any atom is -0.354 e. The maximum atomic E-state index is 13.2. The number of hydrogen-bond donors (Lipinski definition) is 1. The number of likely N-dealkylation sites (tertiary alicyclic amines) is 1. The van der Waals surface area contributed by atoms with Crippen LogP contribution >= 0.6 is 0 Å². The standard InChI is InChI=1S/C22H26N4O3/c1-14-5-3-6-18(24-14)9-10-23-22(29)21-17-11-16(12-25(13-17)15(2)27)19-7-4-8-20(28)26(19)21/h3-8,16-17,21H,9-13H2,1-2H3,(H,23,29)/t16-,17+,21-/m1/s1. The molecular formula is C22H26N4O3. The van der Waals surface area contributed by atoms with E-state index in [1.807, 2.05) is 31.2 Å². The van der Waals surface area contributed by atoms with Crippen LogP contribution in [0.2, 0.25) is 0 Å². The molecule has 2 aliphatic rings. The summed E-state index contributed by atoms with van der Waals surface area (Å²) >= 11 is 0. The zero-order valence-corrected chi connectivity index (χ0v) is 16.8. The van der Waals surface area contributed by atoms with E-state index in [-0.39, 0.29) is 29.2 Å². The Kier molecular flexibility index (Phi) is 5.22. The van der Waals surface area contributed by atoms with Crippen molar-refractivity contribution in [3.05, 3.63) is 63.8 Å². The highest BCUT2D eigenvalue weighted by Crippen LogP contribution is 2.41. The van der Waals surface area contributed by atoms with E-state index in [0.29, 0.717) is 26.1 Å². The molecule has 7 nitrogen and oxygen atoms in total. The van der Waals surface area contributed by atoms with E-state index >= 15 is 0 Å². The fourth-order valence-electron chi connectivity index (χ4n) is 4.68. The molecule has 4 heterocycles. The molecule has 2 amide bonds. The highest BCUT2D eigenvalue weighted by Gasteiger charge is 2.44. The molecule has 4 rings (SSSR count). The molecule has 152 valence electrons. The van der Waals surface area contributed by atoms with E-state index in [1.165, 1.54) is 6.07 Å². The van der Waals surface area contributed by atoms with Gasteiger partial charge < -0.3 is 10.2 Å². The Morgan fingerprint density at radius 1 is 1.17 bits per heavy atom. The number of amides is 2. The lowest BCUT2D eigenvalue weighted by molar-refractivity contribution is -0.135. The summed E-state index contributed by atoms with van der Waals surface area (Å²) in [7, 11) is 0. The number of rotatable bonds is 4. The molecule has 0 spiro atoms. The summed E-state index contributed by atoms with van der Waals surface area (Å²) in [5.41, 5.74) is 2.56. The highest BCUT2D eigenvalue weighted by atomic mass is 16.2. The number of aryl methyl sites for hydroxylation is 1. The van der Waals surface area contributed by atoms with Crippen LogP contribution in [-0.2, 0) is 16.0 Å². The number of aromatic nitrogens is 2. The molecule has 0 unspecified atom stereocenters. The van der Waals surface area contributed by atoms with Crippen molar-refractivity contribution in [3.63, 3.8) is 0 Å². The number of fused-ring (bicyclic) bond motifs is 4. The van der Waals surface area contributed by atoms with Crippen LogP contribution in [0.25, 0.3) is 0 Å². The van der Waals surface area contributed by atoms with Gasteiger partial charge in [-0.05, 0) is 31.5 Å². The zero-order valence-electron chi connectivity index (χ0n) is 16.8. The molecule has 1 N–H and O–H groups in total. The summed E-state index contributed by atoms with van der Waals surface area (Å²) in [6.45, 7) is 5.05. The third kappa shape index (κ3) is 3.81. The molecule has 0 saturated carbocycles. The van der Waals surface area contributed by atoms with Crippen molar-refractivity contribution >= 4 is 11.8 Å². The predicted molar refractivity (Wildman–Crippen MR) is 109 cm³/mol. The molecule has 1 fully saturated rings. The summed E-state index contributed by atoms with van der Waals surface area (Å²) in [5, 5.41) is 2.99. The first kappa shape index (κ1) is 19.4. The van der Waals surface area contributed by atoms with Crippen LogP contribution in [0, 0.1) is 12.8 Å². The van der Waals surface area contributed by atoms with Gasteiger partial charge in [-0.25, -0.2) is 0 Å². The van der Waals surface area contributed by atoms with E-state index in [4.69, 9.17) is 0 Å². The third-order valence-electron chi connectivity index (χ3n) is 5.99. The van der Waals surface area contributed by atoms with Crippen molar-refractivity contribution in [2.24, 2.45) is 5.92 Å². The van der Waals surface area contributed by atoms with Crippen LogP contribution in [0.5, 0.6) is 0 Å². The second-order valence-electron chi connectivity index (χ2n) is 8.03. The lowest BCUT2D eigenvalue weighted by Crippen LogP contribution is -2.54. The second kappa shape index (κ2) is 7.81. The van der Waals surface area contributed by atoms with Gasteiger partial charge in [0.25, 0.3) is 5.56 Å². The van der Waals surface area contributed by atoms with Crippen molar-refractivity contribution in [1.29, 1.82) is 0 Å². The third-order valence-corrected chi connectivity index (χ3v) is 5.99. The molecule has 2 aliphatic heterocycles. The van der Waals surface area contributed by atoms with Gasteiger partial charge in [0.05, 0.1) is 0 Å². The Balaban J connectivity index is 1.56. The molecular weight excluding hydrogens is 368 g/mol. The molecule has 3 atom stereocenters. The monoisotopic (exact) mass is 394 g/mol. The molecule has 0 aliphatic carbocycles. The lowest BCUT2D eigenvalue weighted by atomic mass is 9.78. The average molecular weight is 394 g/mol. The number of nitrogens with one attached hydrogen (secondary N) is 1. The minimum absolute atomic E-state index is 0.0103. The van der Waals surface area contributed by atoms with Crippen LogP contribution in [0.1, 0.15) is 42.4 Å². The topological polar surface area (TPSA) is 84.3 Å². The lowest BCUT2D eigenvalue weighted by Gasteiger charge is -2.46. The van der Waals surface area contributed by atoms with Gasteiger partial charge in [-0.2, -0.15) is 0 Å². The summed E-state index contributed by atoms with van der Waals surface area (Å²) in [5.74, 6) is -0.133. The maximum Gasteiger partial charge on any atom is 0.251 e. The Morgan fingerprint density at radius 3 is 2.72 bits per heavy atom. The van der Waals surface area contributed by atoms with Gasteiger partial charge in [-0.3, -0.25) is 23.9 Å². The molecule has 0 radical (unpaired) electrons.